The molecule has 1 amide bonds. The molecule has 1 aromatic heterocycles. The molecule has 0 saturated heterocycles. The van der Waals surface area contributed by atoms with Gasteiger partial charge in [-0.3, -0.25) is 14.9 Å². The van der Waals surface area contributed by atoms with Crippen molar-refractivity contribution in [2.24, 2.45) is 0 Å². The van der Waals surface area contributed by atoms with E-state index in [1.54, 1.807) is 44.2 Å². The van der Waals surface area contributed by atoms with E-state index >= 15 is 0 Å². The van der Waals surface area contributed by atoms with Crippen molar-refractivity contribution in [3.05, 3.63) is 74.4 Å². The van der Waals surface area contributed by atoms with E-state index in [1.165, 1.54) is 12.1 Å². The first-order chi connectivity index (χ1) is 13.8. The summed E-state index contributed by atoms with van der Waals surface area (Å²) in [6.07, 6.45) is 0. The van der Waals surface area contributed by atoms with Crippen molar-refractivity contribution in [3.63, 3.8) is 0 Å². The highest BCUT2D eigenvalue weighted by Crippen LogP contribution is 2.30. The largest absolute Gasteiger partial charge is 0.452 e. The number of carbonyl (C=O) groups is 2. The van der Waals surface area contributed by atoms with Crippen LogP contribution in [0.2, 0.25) is 5.15 Å². The Kier molecular flexibility index (Phi) is 5.74. The number of hydrogen-bond donors (Lipinski definition) is 1. The first-order valence-electron chi connectivity index (χ1n) is 8.54. The normalized spacial score (nSPS) is 10.6. The lowest BCUT2D eigenvalue weighted by molar-refractivity contribution is -0.384. The number of fused-ring (bicyclic) bond motifs is 1. The molecule has 29 heavy (non-hydrogen) atoms. The number of halogens is 1. The van der Waals surface area contributed by atoms with E-state index in [2.05, 4.69) is 10.3 Å². The Labute approximate surface area is 170 Å². The molecule has 0 aliphatic heterocycles. The van der Waals surface area contributed by atoms with Crippen LogP contribution in [-0.2, 0) is 9.53 Å². The van der Waals surface area contributed by atoms with Gasteiger partial charge in [-0.15, -0.1) is 0 Å². The summed E-state index contributed by atoms with van der Waals surface area (Å²) in [5, 5.41) is 14.3. The zero-order valence-corrected chi connectivity index (χ0v) is 16.3. The third-order valence-corrected chi connectivity index (χ3v) is 4.61. The molecule has 9 heteroatoms. The van der Waals surface area contributed by atoms with E-state index in [0.717, 1.165) is 5.56 Å². The van der Waals surface area contributed by atoms with Crippen LogP contribution in [0.25, 0.3) is 10.9 Å². The molecule has 0 radical (unpaired) electrons. The number of amides is 1. The number of nitro groups is 1. The van der Waals surface area contributed by atoms with Gasteiger partial charge in [0.2, 0.25) is 0 Å². The fraction of sp³-hybridized carbons (Fsp3) is 0.150. The van der Waals surface area contributed by atoms with Gasteiger partial charge in [0, 0.05) is 11.5 Å². The van der Waals surface area contributed by atoms with Crippen molar-refractivity contribution in [2.75, 3.05) is 11.9 Å². The van der Waals surface area contributed by atoms with Crippen molar-refractivity contribution in [3.8, 4) is 0 Å². The van der Waals surface area contributed by atoms with Gasteiger partial charge in [0.25, 0.3) is 11.6 Å². The molecule has 0 fully saturated rings. The van der Waals surface area contributed by atoms with Crippen LogP contribution < -0.4 is 5.32 Å². The lowest BCUT2D eigenvalue weighted by atomic mass is 10.1. The van der Waals surface area contributed by atoms with Gasteiger partial charge in [0.15, 0.2) is 6.61 Å². The quantitative estimate of drug-likeness (QED) is 0.290. The fourth-order valence-electron chi connectivity index (χ4n) is 2.81. The molecule has 0 aliphatic rings. The predicted octanol–water partition coefficient (Wildman–Crippen LogP) is 4.21. The van der Waals surface area contributed by atoms with Gasteiger partial charge in [-0.25, -0.2) is 9.78 Å². The maximum Gasteiger partial charge on any atom is 0.339 e. The maximum atomic E-state index is 12.5. The minimum atomic E-state index is -0.754. The Morgan fingerprint density at radius 2 is 1.93 bits per heavy atom. The molecular weight excluding hydrogens is 398 g/mol. The van der Waals surface area contributed by atoms with Crippen molar-refractivity contribution in [2.45, 2.75) is 13.8 Å². The number of esters is 1. The van der Waals surface area contributed by atoms with Crippen molar-refractivity contribution in [1.29, 1.82) is 0 Å². The van der Waals surface area contributed by atoms with Crippen LogP contribution in [0.4, 0.5) is 11.4 Å². The first-order valence-corrected chi connectivity index (χ1v) is 8.92. The summed E-state index contributed by atoms with van der Waals surface area (Å²) in [6.45, 7) is 2.82. The Morgan fingerprint density at radius 1 is 1.21 bits per heavy atom. The molecule has 3 rings (SSSR count). The maximum absolute atomic E-state index is 12.5. The van der Waals surface area contributed by atoms with Gasteiger partial charge >= 0.3 is 5.97 Å². The Bertz CT molecular complexity index is 1150. The smallest absolute Gasteiger partial charge is 0.339 e. The Hall–Kier alpha value is -3.52. The molecule has 3 aromatic rings. The number of anilines is 1. The summed E-state index contributed by atoms with van der Waals surface area (Å²) in [7, 11) is 0. The van der Waals surface area contributed by atoms with Gasteiger partial charge in [-0.05, 0) is 37.1 Å². The Morgan fingerprint density at radius 3 is 2.66 bits per heavy atom. The number of carbonyl (C=O) groups excluding carboxylic acids is 2. The minimum Gasteiger partial charge on any atom is -0.452 e. The van der Waals surface area contributed by atoms with Gasteiger partial charge in [-0.2, -0.15) is 0 Å². The van der Waals surface area contributed by atoms with E-state index in [9.17, 15) is 19.7 Å². The monoisotopic (exact) mass is 413 g/mol. The highest BCUT2D eigenvalue weighted by atomic mass is 35.5. The topological polar surface area (TPSA) is 111 Å². The van der Waals surface area contributed by atoms with Gasteiger partial charge in [0.05, 0.1) is 16.0 Å². The molecule has 0 unspecified atom stereocenters. The first kappa shape index (κ1) is 20.2. The summed E-state index contributed by atoms with van der Waals surface area (Å²) in [5.74, 6) is -1.45. The van der Waals surface area contributed by atoms with Crippen LogP contribution in [0.5, 0.6) is 0 Å². The fourth-order valence-corrected chi connectivity index (χ4v) is 3.01. The minimum absolute atomic E-state index is 0.0773. The average molecular weight is 414 g/mol. The summed E-state index contributed by atoms with van der Waals surface area (Å²) in [5.41, 5.74) is 1.87. The third-order valence-electron chi connectivity index (χ3n) is 4.41. The third kappa shape index (κ3) is 4.33. The zero-order valence-electron chi connectivity index (χ0n) is 15.6. The van der Waals surface area contributed by atoms with E-state index in [0.29, 0.717) is 16.5 Å². The second kappa shape index (κ2) is 8.24. The summed E-state index contributed by atoms with van der Waals surface area (Å²) in [4.78, 5) is 39.5. The van der Waals surface area contributed by atoms with Gasteiger partial charge in [-0.1, -0.05) is 35.9 Å². The van der Waals surface area contributed by atoms with Crippen LogP contribution in [0.15, 0.2) is 42.5 Å². The highest BCUT2D eigenvalue weighted by Gasteiger charge is 2.21. The predicted molar refractivity (Wildman–Crippen MR) is 108 cm³/mol. The number of aromatic nitrogens is 1. The molecule has 0 saturated carbocycles. The molecule has 0 bridgehead atoms. The molecule has 8 nitrogen and oxygen atoms in total. The number of nitrogens with zero attached hydrogens (tertiary/aromatic N) is 2. The number of rotatable bonds is 5. The van der Waals surface area contributed by atoms with E-state index in [-0.39, 0.29) is 22.1 Å². The lowest BCUT2D eigenvalue weighted by Crippen LogP contribution is -2.22. The Balaban J connectivity index is 1.77. The molecule has 2 aromatic carbocycles. The zero-order chi connectivity index (χ0) is 21.1. The summed E-state index contributed by atoms with van der Waals surface area (Å²) in [6, 6.07) is 11.2. The van der Waals surface area contributed by atoms with Crippen molar-refractivity contribution < 1.29 is 19.2 Å². The van der Waals surface area contributed by atoms with Crippen LogP contribution in [0, 0.1) is 24.0 Å². The lowest BCUT2D eigenvalue weighted by Gasteiger charge is -2.12. The second-order valence-corrected chi connectivity index (χ2v) is 6.68. The molecular formula is C20H16ClN3O5. The number of benzene rings is 2. The SMILES string of the molecule is Cc1ccc([N+](=O)[O-])c(NC(=O)COC(=O)c2cc(Cl)nc3ccccc23)c1C. The van der Waals surface area contributed by atoms with Crippen LogP contribution in [0.1, 0.15) is 21.5 Å². The molecule has 0 spiro atoms. The molecule has 0 atom stereocenters. The number of pyridine rings is 1. The van der Waals surface area contributed by atoms with Crippen LogP contribution >= 0.6 is 11.6 Å². The average Bonchev–Trinajstić information content (AvgIpc) is 2.68. The number of hydrogen-bond acceptors (Lipinski definition) is 6. The number of ether oxygens (including phenoxy) is 1. The van der Waals surface area contributed by atoms with Crippen molar-refractivity contribution >= 4 is 45.8 Å². The van der Waals surface area contributed by atoms with Crippen molar-refractivity contribution in [1.82, 2.24) is 4.98 Å². The summed E-state index contributed by atoms with van der Waals surface area (Å²) < 4.78 is 5.09. The number of nitro benzene ring substituents is 1. The number of nitrogens with one attached hydrogen (secondary N) is 1. The van der Waals surface area contributed by atoms with E-state index in [1.807, 2.05) is 0 Å². The number of aryl methyl sites for hydroxylation is 1. The van der Waals surface area contributed by atoms with E-state index in [4.69, 9.17) is 16.3 Å². The van der Waals surface area contributed by atoms with Gasteiger partial charge in [0.1, 0.15) is 10.8 Å². The molecule has 1 N–H and O–H groups in total. The molecule has 1 heterocycles. The summed E-state index contributed by atoms with van der Waals surface area (Å²) >= 11 is 5.96. The highest BCUT2D eigenvalue weighted by molar-refractivity contribution is 6.30. The second-order valence-electron chi connectivity index (χ2n) is 6.29. The molecule has 0 aliphatic carbocycles. The van der Waals surface area contributed by atoms with E-state index < -0.39 is 23.4 Å². The van der Waals surface area contributed by atoms with Crippen LogP contribution in [0.3, 0.4) is 0 Å². The molecule has 148 valence electrons. The van der Waals surface area contributed by atoms with Crippen LogP contribution in [-0.4, -0.2) is 28.4 Å². The number of para-hydroxylation sites is 1. The standard InChI is InChI=1S/C20H16ClN3O5/c1-11-7-8-16(24(27)28)19(12(11)2)23-18(25)10-29-20(26)14-9-17(21)22-15-6-4-3-5-13(14)15/h3-9H,10H2,1-2H3,(H,23,25). The van der Waals surface area contributed by atoms with Gasteiger partial charge < -0.3 is 10.1 Å².